The number of nitrogens with zero attached hydrogens (tertiary/aromatic N) is 2. The second-order valence-electron chi connectivity index (χ2n) is 4.88. The zero-order chi connectivity index (χ0) is 17.9. The molecule has 3 aromatic rings. The van der Waals surface area contributed by atoms with Crippen LogP contribution in [0.3, 0.4) is 0 Å². The van der Waals surface area contributed by atoms with Crippen molar-refractivity contribution in [2.24, 2.45) is 0 Å². The predicted molar refractivity (Wildman–Crippen MR) is 95.7 cm³/mol. The number of ether oxygens (including phenoxy) is 2. The molecule has 0 fully saturated rings. The van der Waals surface area contributed by atoms with Gasteiger partial charge in [-0.05, 0) is 24.3 Å². The minimum Gasteiger partial charge on any atom is -0.497 e. The Morgan fingerprint density at radius 1 is 1.08 bits per heavy atom. The molecule has 0 aliphatic heterocycles. The van der Waals surface area contributed by atoms with Crippen LogP contribution in [0, 0.1) is 0 Å². The van der Waals surface area contributed by atoms with Crippen LogP contribution in [-0.4, -0.2) is 32.6 Å². The summed E-state index contributed by atoms with van der Waals surface area (Å²) in [6.45, 7) is 0. The maximum absolute atomic E-state index is 12.7. The van der Waals surface area contributed by atoms with Gasteiger partial charge in [0.15, 0.2) is 5.13 Å². The van der Waals surface area contributed by atoms with Gasteiger partial charge in [-0.2, -0.15) is 0 Å². The number of aromatic nitrogens is 2. The first-order chi connectivity index (χ1) is 12.0. The number of hydrogen-bond donors (Lipinski definition) is 1. The Hall–Kier alpha value is -2.65. The van der Waals surface area contributed by atoms with E-state index in [1.165, 1.54) is 37.7 Å². The Morgan fingerprint density at radius 2 is 1.92 bits per heavy atom. The highest BCUT2D eigenvalue weighted by Gasteiger charge is 2.22. The van der Waals surface area contributed by atoms with Gasteiger partial charge in [-0.15, -0.1) is 11.3 Å². The molecule has 0 atom stereocenters. The number of rotatable bonds is 6. The van der Waals surface area contributed by atoms with Gasteiger partial charge in [0.05, 0.1) is 19.9 Å². The lowest BCUT2D eigenvalue weighted by Gasteiger charge is -2.11. The summed E-state index contributed by atoms with van der Waals surface area (Å²) in [5.74, 6) is 0.629. The molecular weight excluding hydrogens is 362 g/mol. The maximum atomic E-state index is 12.7. The molecule has 0 bridgehead atoms. The first-order valence-electron chi connectivity index (χ1n) is 7.15. The predicted octanol–water partition coefficient (Wildman–Crippen LogP) is 3.02. The van der Waals surface area contributed by atoms with Crippen molar-refractivity contribution in [3.63, 3.8) is 0 Å². The Kier molecular flexibility index (Phi) is 4.86. The zero-order valence-electron chi connectivity index (χ0n) is 13.5. The molecule has 0 spiro atoms. The van der Waals surface area contributed by atoms with E-state index in [1.807, 2.05) is 6.07 Å². The van der Waals surface area contributed by atoms with Gasteiger partial charge in [0, 0.05) is 17.6 Å². The third-order valence-electron chi connectivity index (χ3n) is 3.31. The van der Waals surface area contributed by atoms with E-state index in [2.05, 4.69) is 14.7 Å². The van der Waals surface area contributed by atoms with Crippen LogP contribution in [-0.2, 0) is 10.0 Å². The number of benzene rings is 1. The molecule has 1 aromatic carbocycles. The fourth-order valence-corrected chi connectivity index (χ4v) is 4.26. The minimum atomic E-state index is -3.89. The number of hydrogen-bond acceptors (Lipinski definition) is 7. The van der Waals surface area contributed by atoms with Gasteiger partial charge >= 0.3 is 0 Å². The molecule has 0 radical (unpaired) electrons. The lowest BCUT2D eigenvalue weighted by Crippen LogP contribution is -2.14. The first-order valence-corrected chi connectivity index (χ1v) is 9.51. The van der Waals surface area contributed by atoms with Gasteiger partial charge < -0.3 is 9.47 Å². The fraction of sp³-hybridized carbons (Fsp3) is 0.125. The molecule has 2 heterocycles. The molecule has 0 aliphatic rings. The topological polar surface area (TPSA) is 90.4 Å². The molecule has 0 aliphatic carbocycles. The van der Waals surface area contributed by atoms with Crippen molar-refractivity contribution in [3.8, 4) is 22.9 Å². The highest BCUT2D eigenvalue weighted by atomic mass is 32.2. The van der Waals surface area contributed by atoms with Crippen molar-refractivity contribution >= 4 is 26.5 Å². The summed E-state index contributed by atoms with van der Waals surface area (Å²) < 4.78 is 38.1. The van der Waals surface area contributed by atoms with Crippen molar-refractivity contribution in [2.45, 2.75) is 4.90 Å². The van der Waals surface area contributed by atoms with Crippen LogP contribution in [0.1, 0.15) is 0 Å². The molecule has 2 aromatic heterocycles. The number of pyridine rings is 1. The molecule has 0 unspecified atom stereocenters. The van der Waals surface area contributed by atoms with Crippen LogP contribution in [0.5, 0.6) is 11.5 Å². The minimum absolute atomic E-state index is 0.0241. The average Bonchev–Trinajstić information content (AvgIpc) is 3.09. The second kappa shape index (κ2) is 7.08. The van der Waals surface area contributed by atoms with Crippen molar-refractivity contribution in [2.75, 3.05) is 18.9 Å². The van der Waals surface area contributed by atoms with Crippen LogP contribution in [0.4, 0.5) is 5.13 Å². The first kappa shape index (κ1) is 17.2. The molecule has 25 heavy (non-hydrogen) atoms. The molecule has 1 N–H and O–H groups in total. The SMILES string of the molecule is COc1ccc(OC)c(S(=O)(=O)Nc2nc(-c3ccccn3)cs2)c1. The van der Waals surface area contributed by atoms with Gasteiger partial charge in [-0.3, -0.25) is 9.71 Å². The van der Waals surface area contributed by atoms with Gasteiger partial charge in [0.1, 0.15) is 22.1 Å². The number of methoxy groups -OCH3 is 2. The molecule has 0 amide bonds. The Labute approximate surface area is 149 Å². The van der Waals surface area contributed by atoms with Crippen LogP contribution in [0.15, 0.2) is 52.9 Å². The van der Waals surface area contributed by atoms with Gasteiger partial charge in [0.25, 0.3) is 10.0 Å². The van der Waals surface area contributed by atoms with Crippen molar-refractivity contribution < 1.29 is 17.9 Å². The van der Waals surface area contributed by atoms with E-state index < -0.39 is 10.0 Å². The number of thiazole rings is 1. The normalized spacial score (nSPS) is 11.1. The molecule has 7 nitrogen and oxygen atoms in total. The molecule has 3 rings (SSSR count). The second-order valence-corrected chi connectivity index (χ2v) is 7.38. The largest absolute Gasteiger partial charge is 0.497 e. The summed E-state index contributed by atoms with van der Waals surface area (Å²) in [5.41, 5.74) is 1.27. The summed E-state index contributed by atoms with van der Waals surface area (Å²) in [5, 5.41) is 1.98. The lowest BCUT2D eigenvalue weighted by atomic mass is 10.3. The van der Waals surface area contributed by atoms with Crippen LogP contribution in [0.25, 0.3) is 11.4 Å². The van der Waals surface area contributed by atoms with Crippen molar-refractivity contribution in [1.29, 1.82) is 0 Å². The summed E-state index contributed by atoms with van der Waals surface area (Å²) in [6, 6.07) is 10.0. The number of anilines is 1. The molecule has 0 saturated heterocycles. The average molecular weight is 377 g/mol. The van der Waals surface area contributed by atoms with E-state index >= 15 is 0 Å². The van der Waals surface area contributed by atoms with E-state index in [9.17, 15) is 8.42 Å². The van der Waals surface area contributed by atoms with E-state index in [0.717, 1.165) is 0 Å². The van der Waals surface area contributed by atoms with Crippen molar-refractivity contribution in [3.05, 3.63) is 48.0 Å². The molecular formula is C16H15N3O4S2. The smallest absolute Gasteiger partial charge is 0.267 e. The Morgan fingerprint density at radius 3 is 2.60 bits per heavy atom. The van der Waals surface area contributed by atoms with Crippen LogP contribution < -0.4 is 14.2 Å². The van der Waals surface area contributed by atoms with E-state index in [0.29, 0.717) is 17.1 Å². The van der Waals surface area contributed by atoms with Gasteiger partial charge in [-0.25, -0.2) is 13.4 Å². The van der Waals surface area contributed by atoms with Crippen molar-refractivity contribution in [1.82, 2.24) is 9.97 Å². The molecule has 0 saturated carbocycles. The number of sulfonamides is 1. The van der Waals surface area contributed by atoms with Gasteiger partial charge in [0.2, 0.25) is 0 Å². The molecule has 130 valence electrons. The quantitative estimate of drug-likeness (QED) is 0.710. The third-order valence-corrected chi connectivity index (χ3v) is 5.56. The van der Waals surface area contributed by atoms with E-state index in [-0.39, 0.29) is 15.8 Å². The summed E-state index contributed by atoms with van der Waals surface area (Å²) >= 11 is 1.18. The lowest BCUT2D eigenvalue weighted by molar-refractivity contribution is 0.392. The van der Waals surface area contributed by atoms with E-state index in [4.69, 9.17) is 9.47 Å². The zero-order valence-corrected chi connectivity index (χ0v) is 15.1. The molecule has 9 heteroatoms. The third kappa shape index (κ3) is 3.72. The summed E-state index contributed by atoms with van der Waals surface area (Å²) in [7, 11) is -1.01. The monoisotopic (exact) mass is 377 g/mol. The Bertz CT molecular complexity index is 972. The van der Waals surface area contributed by atoms with E-state index in [1.54, 1.807) is 29.8 Å². The highest BCUT2D eigenvalue weighted by molar-refractivity contribution is 7.93. The fourth-order valence-electron chi connectivity index (χ4n) is 2.12. The van der Waals surface area contributed by atoms with Crippen LogP contribution >= 0.6 is 11.3 Å². The van der Waals surface area contributed by atoms with Gasteiger partial charge in [-0.1, -0.05) is 6.07 Å². The standard InChI is InChI=1S/C16H15N3O4S2/c1-22-11-6-7-14(23-2)15(9-11)25(20,21)19-16-18-13(10-24-16)12-5-3-4-8-17-12/h3-10H,1-2H3,(H,18,19). The summed E-state index contributed by atoms with van der Waals surface area (Å²) in [4.78, 5) is 8.46. The maximum Gasteiger partial charge on any atom is 0.267 e. The highest BCUT2D eigenvalue weighted by Crippen LogP contribution is 2.31. The summed E-state index contributed by atoms with van der Waals surface area (Å²) in [6.07, 6.45) is 1.65. The Balaban J connectivity index is 1.91. The van der Waals surface area contributed by atoms with Crippen LogP contribution in [0.2, 0.25) is 0 Å². The number of nitrogens with one attached hydrogen (secondary N) is 1.